The number of aliphatic imine (C=N–C) groups is 1. The number of benzene rings is 1. The van der Waals surface area contributed by atoms with Crippen molar-refractivity contribution in [1.82, 2.24) is 14.7 Å². The fraction of sp³-hybridized carbons (Fsp3) is 0.571. The third-order valence-electron chi connectivity index (χ3n) is 8.21. The number of nitrogens with two attached hydrogens (primary N) is 1. The lowest BCUT2D eigenvalue weighted by atomic mass is 9.87. The normalized spacial score (nSPS) is 23.4. The number of alkyl halides is 2. The van der Waals surface area contributed by atoms with Crippen molar-refractivity contribution >= 4 is 23.3 Å². The number of halogens is 2. The van der Waals surface area contributed by atoms with Crippen molar-refractivity contribution in [2.45, 2.75) is 70.9 Å². The van der Waals surface area contributed by atoms with Gasteiger partial charge in [0, 0.05) is 73.6 Å². The summed E-state index contributed by atoms with van der Waals surface area (Å²) in [5, 5.41) is 5.25. The molecule has 8 heteroatoms. The molecule has 0 radical (unpaired) electrons. The number of allylic oxidation sites excluding steroid dienone is 1. The lowest BCUT2D eigenvalue weighted by molar-refractivity contribution is 0.151. The summed E-state index contributed by atoms with van der Waals surface area (Å²) < 4.78 is 30.9. The summed E-state index contributed by atoms with van der Waals surface area (Å²) in [5.74, 6) is 1.73. The van der Waals surface area contributed by atoms with Crippen LogP contribution >= 0.6 is 0 Å². The van der Waals surface area contributed by atoms with Crippen LogP contribution in [0.2, 0.25) is 0 Å². The molecule has 1 aromatic carbocycles. The molecule has 3 aliphatic rings. The summed E-state index contributed by atoms with van der Waals surface area (Å²) in [5.41, 5.74) is 11.3. The Balaban J connectivity index is 1.61. The Hall–Kier alpha value is -2.74. The maximum atomic E-state index is 14.3. The van der Waals surface area contributed by atoms with Crippen molar-refractivity contribution in [3.05, 3.63) is 46.3 Å². The lowest BCUT2D eigenvalue weighted by Gasteiger charge is -2.33. The van der Waals surface area contributed by atoms with Crippen LogP contribution in [0.5, 0.6) is 0 Å². The first-order valence-electron chi connectivity index (χ1n) is 13.3. The number of anilines is 2. The zero-order chi connectivity index (χ0) is 25.4. The summed E-state index contributed by atoms with van der Waals surface area (Å²) in [6, 6.07) is 3.99. The number of hydrogen-bond donors (Lipinski definition) is 1. The van der Waals surface area contributed by atoms with E-state index < -0.39 is 6.43 Å². The van der Waals surface area contributed by atoms with Crippen LogP contribution in [-0.2, 0) is 19.4 Å². The van der Waals surface area contributed by atoms with Gasteiger partial charge in [-0.05, 0) is 74.8 Å². The first-order chi connectivity index (χ1) is 17.4. The van der Waals surface area contributed by atoms with E-state index in [1.807, 2.05) is 6.07 Å². The van der Waals surface area contributed by atoms with E-state index in [-0.39, 0.29) is 5.56 Å². The van der Waals surface area contributed by atoms with E-state index in [4.69, 9.17) is 10.8 Å². The second-order valence-electron chi connectivity index (χ2n) is 10.7. The van der Waals surface area contributed by atoms with Gasteiger partial charge >= 0.3 is 0 Å². The van der Waals surface area contributed by atoms with Gasteiger partial charge in [0.25, 0.3) is 6.43 Å². The molecule has 1 fully saturated rings. The Bertz CT molecular complexity index is 1160. The lowest BCUT2D eigenvalue weighted by Crippen LogP contribution is -2.30. The maximum absolute atomic E-state index is 14.3. The SMILES string of the molecule is CN=C/C(=C\N)c1cc2c(cc1C(F)F)N(c1nn(C3CCC(C)CC3)c3c1CN(C)CC3)CCC2. The minimum Gasteiger partial charge on any atom is -0.404 e. The molecule has 0 bridgehead atoms. The van der Waals surface area contributed by atoms with E-state index in [9.17, 15) is 8.78 Å². The second-order valence-corrected chi connectivity index (χ2v) is 10.7. The van der Waals surface area contributed by atoms with Crippen LogP contribution in [0.3, 0.4) is 0 Å². The quantitative estimate of drug-likeness (QED) is 0.544. The molecule has 194 valence electrons. The molecule has 36 heavy (non-hydrogen) atoms. The van der Waals surface area contributed by atoms with Crippen molar-refractivity contribution in [2.24, 2.45) is 16.6 Å². The van der Waals surface area contributed by atoms with Gasteiger partial charge in [0.2, 0.25) is 0 Å². The number of rotatable bonds is 5. The van der Waals surface area contributed by atoms with Crippen molar-refractivity contribution in [2.75, 3.05) is 32.1 Å². The molecular formula is C28H38F2N6. The molecule has 3 heterocycles. The number of fused-ring (bicyclic) bond motifs is 2. The molecule has 0 saturated heterocycles. The highest BCUT2D eigenvalue weighted by molar-refractivity contribution is 6.10. The number of likely N-dealkylation sites (N-methyl/N-ethyl adjacent to an activating group) is 1. The fourth-order valence-corrected chi connectivity index (χ4v) is 6.21. The average Bonchev–Trinajstić information content (AvgIpc) is 3.24. The monoisotopic (exact) mass is 496 g/mol. The Labute approximate surface area is 212 Å². The third-order valence-corrected chi connectivity index (χ3v) is 8.21. The first-order valence-corrected chi connectivity index (χ1v) is 13.3. The predicted molar refractivity (Wildman–Crippen MR) is 142 cm³/mol. The van der Waals surface area contributed by atoms with Crippen molar-refractivity contribution < 1.29 is 8.78 Å². The number of nitrogens with zero attached hydrogens (tertiary/aromatic N) is 5. The van der Waals surface area contributed by atoms with Crippen molar-refractivity contribution in [3.63, 3.8) is 0 Å². The van der Waals surface area contributed by atoms with E-state index in [0.29, 0.717) is 17.2 Å². The Morgan fingerprint density at radius 3 is 2.64 bits per heavy atom. The van der Waals surface area contributed by atoms with Crippen LogP contribution in [0, 0.1) is 5.92 Å². The number of aromatic nitrogens is 2. The van der Waals surface area contributed by atoms with Crippen molar-refractivity contribution in [1.29, 1.82) is 0 Å². The number of aryl methyl sites for hydroxylation is 1. The van der Waals surface area contributed by atoms with Gasteiger partial charge in [-0.1, -0.05) is 6.92 Å². The largest absolute Gasteiger partial charge is 0.404 e. The molecule has 0 amide bonds. The van der Waals surface area contributed by atoms with Gasteiger partial charge in [-0.25, -0.2) is 8.78 Å². The van der Waals surface area contributed by atoms with Crippen LogP contribution < -0.4 is 10.6 Å². The maximum Gasteiger partial charge on any atom is 0.264 e. The summed E-state index contributed by atoms with van der Waals surface area (Å²) in [4.78, 5) is 8.56. The highest BCUT2D eigenvalue weighted by Crippen LogP contribution is 2.43. The van der Waals surface area contributed by atoms with Gasteiger partial charge in [0.1, 0.15) is 0 Å². The van der Waals surface area contributed by atoms with Crippen LogP contribution in [0.15, 0.2) is 23.3 Å². The zero-order valence-corrected chi connectivity index (χ0v) is 21.7. The number of hydrogen-bond acceptors (Lipinski definition) is 5. The molecule has 1 aromatic heterocycles. The molecule has 2 N–H and O–H groups in total. The molecule has 1 saturated carbocycles. The van der Waals surface area contributed by atoms with Gasteiger partial charge in [0.15, 0.2) is 5.82 Å². The van der Waals surface area contributed by atoms with Gasteiger partial charge in [-0.3, -0.25) is 9.67 Å². The molecule has 5 rings (SSSR count). The molecule has 2 aromatic rings. The summed E-state index contributed by atoms with van der Waals surface area (Å²) in [6.45, 7) is 4.97. The van der Waals surface area contributed by atoms with Crippen LogP contribution in [0.1, 0.15) is 79.4 Å². The van der Waals surface area contributed by atoms with Gasteiger partial charge in [0.05, 0.1) is 6.04 Å². The predicted octanol–water partition coefficient (Wildman–Crippen LogP) is 5.64. The molecular weight excluding hydrogens is 458 g/mol. The topological polar surface area (TPSA) is 62.7 Å². The van der Waals surface area contributed by atoms with Gasteiger partial charge in [-0.15, -0.1) is 0 Å². The third kappa shape index (κ3) is 4.56. The van der Waals surface area contributed by atoms with Crippen LogP contribution in [0.25, 0.3) is 5.57 Å². The molecule has 6 nitrogen and oxygen atoms in total. The Morgan fingerprint density at radius 1 is 1.17 bits per heavy atom. The summed E-state index contributed by atoms with van der Waals surface area (Å²) in [6.07, 6.45) is 7.85. The molecule has 0 atom stereocenters. The van der Waals surface area contributed by atoms with E-state index >= 15 is 0 Å². The van der Waals surface area contributed by atoms with E-state index in [2.05, 4.69) is 33.4 Å². The second kappa shape index (κ2) is 10.3. The van der Waals surface area contributed by atoms with Crippen LogP contribution in [-0.4, -0.2) is 48.1 Å². The van der Waals surface area contributed by atoms with Crippen LogP contribution in [0.4, 0.5) is 20.3 Å². The summed E-state index contributed by atoms with van der Waals surface area (Å²) in [7, 11) is 3.77. The first kappa shape index (κ1) is 24.9. The molecule has 2 aliphatic heterocycles. The zero-order valence-electron chi connectivity index (χ0n) is 21.7. The Kier molecular flexibility index (Phi) is 7.15. The van der Waals surface area contributed by atoms with Crippen molar-refractivity contribution in [3.8, 4) is 0 Å². The minimum absolute atomic E-state index is 0.0102. The smallest absolute Gasteiger partial charge is 0.264 e. The molecule has 1 aliphatic carbocycles. The molecule has 0 unspecified atom stereocenters. The highest BCUT2D eigenvalue weighted by Gasteiger charge is 2.33. The standard InChI is InChI=1S/C28H38F2N6/c1-18-6-8-21(9-7-18)36-25-10-12-34(3)17-24(25)28(33-36)35-11-4-5-19-13-22(20(15-31)16-32-2)23(27(29)30)14-26(19)35/h13-16,18,21,27H,4-12,17,31H2,1-3H3/b20-15+,32-16?. The molecule has 0 spiro atoms. The van der Waals surface area contributed by atoms with E-state index in [0.717, 1.165) is 74.7 Å². The fourth-order valence-electron chi connectivity index (χ4n) is 6.21. The Morgan fingerprint density at radius 2 is 1.94 bits per heavy atom. The van der Waals surface area contributed by atoms with E-state index in [1.165, 1.54) is 30.3 Å². The average molecular weight is 497 g/mol. The van der Waals surface area contributed by atoms with Gasteiger partial charge < -0.3 is 15.5 Å². The summed E-state index contributed by atoms with van der Waals surface area (Å²) >= 11 is 0. The van der Waals surface area contributed by atoms with E-state index in [1.54, 1.807) is 19.3 Å². The highest BCUT2D eigenvalue weighted by atomic mass is 19.3. The minimum atomic E-state index is -2.61. The van der Waals surface area contributed by atoms with Gasteiger partial charge in [-0.2, -0.15) is 5.10 Å².